The average Bonchev–Trinajstić information content (AvgIpc) is 2.86. The monoisotopic (exact) mass is 290 g/mol. The second-order valence-corrected chi connectivity index (χ2v) is 6.71. The fourth-order valence-electron chi connectivity index (χ4n) is 3.49. The third-order valence-corrected chi connectivity index (χ3v) is 4.69. The van der Waals surface area contributed by atoms with Crippen LogP contribution >= 0.6 is 0 Å². The summed E-state index contributed by atoms with van der Waals surface area (Å²) in [5.41, 5.74) is 2.22. The number of benzene rings is 1. The van der Waals surface area contributed by atoms with Crippen molar-refractivity contribution in [2.24, 2.45) is 0 Å². The van der Waals surface area contributed by atoms with E-state index in [4.69, 9.17) is 0 Å². The Kier molecular flexibility index (Phi) is 5.80. The van der Waals surface area contributed by atoms with Crippen molar-refractivity contribution in [1.29, 1.82) is 0 Å². The number of aliphatic hydroxyl groups is 1. The van der Waals surface area contributed by atoms with E-state index in [1.165, 1.54) is 24.0 Å². The van der Waals surface area contributed by atoms with Crippen LogP contribution in [0.25, 0.3) is 0 Å². The van der Waals surface area contributed by atoms with Crippen molar-refractivity contribution in [2.45, 2.75) is 50.7 Å². The summed E-state index contributed by atoms with van der Waals surface area (Å²) in [7, 11) is 4.15. The third-order valence-electron chi connectivity index (χ3n) is 4.69. The Morgan fingerprint density at radius 2 is 2.05 bits per heavy atom. The van der Waals surface area contributed by atoms with Crippen molar-refractivity contribution in [2.75, 3.05) is 27.2 Å². The number of aryl methyl sites for hydroxylation is 1. The van der Waals surface area contributed by atoms with Crippen LogP contribution < -0.4 is 5.32 Å². The zero-order valence-corrected chi connectivity index (χ0v) is 13.7. The Balaban J connectivity index is 1.85. The summed E-state index contributed by atoms with van der Waals surface area (Å²) < 4.78 is 0. The predicted octanol–water partition coefficient (Wildman–Crippen LogP) is 2.88. The summed E-state index contributed by atoms with van der Waals surface area (Å²) in [6.45, 7) is 3.94. The van der Waals surface area contributed by atoms with Crippen molar-refractivity contribution in [3.63, 3.8) is 0 Å². The largest absolute Gasteiger partial charge is 0.389 e. The Labute approximate surface area is 129 Å². The van der Waals surface area contributed by atoms with Crippen LogP contribution in [-0.4, -0.2) is 42.8 Å². The molecule has 118 valence electrons. The van der Waals surface area contributed by atoms with Crippen LogP contribution in [0.15, 0.2) is 24.3 Å². The fraction of sp³-hybridized carbons (Fsp3) is 0.667. The highest BCUT2D eigenvalue weighted by Gasteiger charge is 2.32. The molecule has 0 bridgehead atoms. The van der Waals surface area contributed by atoms with Crippen molar-refractivity contribution in [3.8, 4) is 0 Å². The van der Waals surface area contributed by atoms with Gasteiger partial charge in [0, 0.05) is 12.6 Å². The lowest BCUT2D eigenvalue weighted by molar-refractivity contribution is 0.0157. The van der Waals surface area contributed by atoms with E-state index in [1.807, 2.05) is 7.05 Å². The SMILES string of the molecule is CNC(CCN(C)CC1(O)CCCC1)c1cccc(C)c1. The maximum atomic E-state index is 10.5. The van der Waals surface area contributed by atoms with Gasteiger partial charge >= 0.3 is 0 Å². The standard InChI is InChI=1S/C18H30N2O/c1-15-7-6-8-16(13-15)17(19-2)9-12-20(3)14-18(21)10-4-5-11-18/h6-8,13,17,19,21H,4-5,9-12,14H2,1-3H3. The van der Waals surface area contributed by atoms with Gasteiger partial charge in [-0.3, -0.25) is 0 Å². The molecule has 1 aliphatic carbocycles. The molecule has 0 saturated heterocycles. The molecule has 21 heavy (non-hydrogen) atoms. The van der Waals surface area contributed by atoms with Gasteiger partial charge in [0.2, 0.25) is 0 Å². The van der Waals surface area contributed by atoms with Crippen molar-refractivity contribution in [1.82, 2.24) is 10.2 Å². The normalized spacial score (nSPS) is 19.1. The van der Waals surface area contributed by atoms with Gasteiger partial charge in [-0.25, -0.2) is 0 Å². The molecule has 1 unspecified atom stereocenters. The number of nitrogens with one attached hydrogen (secondary N) is 1. The van der Waals surface area contributed by atoms with Gasteiger partial charge < -0.3 is 15.3 Å². The molecule has 3 heteroatoms. The molecule has 0 radical (unpaired) electrons. The van der Waals surface area contributed by atoms with Crippen molar-refractivity contribution < 1.29 is 5.11 Å². The zero-order valence-electron chi connectivity index (χ0n) is 13.7. The lowest BCUT2D eigenvalue weighted by Gasteiger charge is -2.29. The van der Waals surface area contributed by atoms with Crippen LogP contribution in [-0.2, 0) is 0 Å². The zero-order chi connectivity index (χ0) is 15.3. The highest BCUT2D eigenvalue weighted by Crippen LogP contribution is 2.30. The number of likely N-dealkylation sites (N-methyl/N-ethyl adjacent to an activating group) is 1. The van der Waals surface area contributed by atoms with Crippen molar-refractivity contribution >= 4 is 0 Å². The van der Waals surface area contributed by atoms with Crippen LogP contribution in [0, 0.1) is 6.92 Å². The summed E-state index contributed by atoms with van der Waals surface area (Å²) in [6, 6.07) is 9.09. The minimum atomic E-state index is -0.437. The average molecular weight is 290 g/mol. The quantitative estimate of drug-likeness (QED) is 0.810. The minimum Gasteiger partial charge on any atom is -0.389 e. The van der Waals surface area contributed by atoms with E-state index in [2.05, 4.69) is 48.5 Å². The number of rotatable bonds is 7. The van der Waals surface area contributed by atoms with Gasteiger partial charge in [-0.1, -0.05) is 42.7 Å². The molecule has 0 amide bonds. The van der Waals surface area contributed by atoms with Crippen LogP contribution in [0.3, 0.4) is 0 Å². The first-order chi connectivity index (χ1) is 10.0. The number of nitrogens with zero attached hydrogens (tertiary/aromatic N) is 1. The second-order valence-electron chi connectivity index (χ2n) is 6.71. The molecule has 1 saturated carbocycles. The van der Waals surface area contributed by atoms with Gasteiger partial charge in [0.05, 0.1) is 5.60 Å². The molecule has 2 rings (SSSR count). The molecule has 1 atom stereocenters. The van der Waals surface area contributed by atoms with E-state index in [0.717, 1.165) is 32.4 Å². The Morgan fingerprint density at radius 1 is 1.33 bits per heavy atom. The molecule has 0 aliphatic heterocycles. The Bertz CT molecular complexity index is 441. The van der Waals surface area contributed by atoms with Crippen LogP contribution in [0.4, 0.5) is 0 Å². The maximum absolute atomic E-state index is 10.5. The van der Waals surface area contributed by atoms with E-state index < -0.39 is 5.60 Å². The van der Waals surface area contributed by atoms with Crippen LogP contribution in [0.1, 0.15) is 49.3 Å². The number of hydrogen-bond donors (Lipinski definition) is 2. The van der Waals surface area contributed by atoms with E-state index in [0.29, 0.717) is 6.04 Å². The van der Waals surface area contributed by atoms with Crippen molar-refractivity contribution in [3.05, 3.63) is 35.4 Å². The maximum Gasteiger partial charge on any atom is 0.0774 e. The summed E-state index contributed by atoms with van der Waals surface area (Å²) >= 11 is 0. The molecule has 0 heterocycles. The Hall–Kier alpha value is -0.900. The topological polar surface area (TPSA) is 35.5 Å². The second kappa shape index (κ2) is 7.39. The van der Waals surface area contributed by atoms with Gasteiger partial charge in [0.1, 0.15) is 0 Å². The first kappa shape index (κ1) is 16.5. The van der Waals surface area contributed by atoms with Gasteiger partial charge in [-0.15, -0.1) is 0 Å². The minimum absolute atomic E-state index is 0.380. The molecule has 1 aromatic carbocycles. The summed E-state index contributed by atoms with van der Waals surface area (Å²) in [6.07, 6.45) is 5.33. The molecular weight excluding hydrogens is 260 g/mol. The highest BCUT2D eigenvalue weighted by atomic mass is 16.3. The molecule has 1 fully saturated rings. The predicted molar refractivity (Wildman–Crippen MR) is 88.5 cm³/mol. The molecule has 1 aliphatic rings. The molecule has 3 nitrogen and oxygen atoms in total. The Morgan fingerprint density at radius 3 is 2.67 bits per heavy atom. The lowest BCUT2D eigenvalue weighted by atomic mass is 10.00. The molecule has 0 aromatic heterocycles. The summed E-state index contributed by atoms with van der Waals surface area (Å²) in [5, 5.41) is 13.9. The van der Waals surface area contributed by atoms with E-state index in [1.54, 1.807) is 0 Å². The highest BCUT2D eigenvalue weighted by molar-refractivity contribution is 5.25. The first-order valence-electron chi connectivity index (χ1n) is 8.17. The fourth-order valence-corrected chi connectivity index (χ4v) is 3.49. The van der Waals surface area contributed by atoms with Gasteiger partial charge in [0.25, 0.3) is 0 Å². The lowest BCUT2D eigenvalue weighted by Crippen LogP contribution is -2.40. The summed E-state index contributed by atoms with van der Waals surface area (Å²) in [5.74, 6) is 0. The molecule has 0 spiro atoms. The molecule has 1 aromatic rings. The third kappa shape index (κ3) is 4.80. The van der Waals surface area contributed by atoms with E-state index >= 15 is 0 Å². The smallest absolute Gasteiger partial charge is 0.0774 e. The number of hydrogen-bond acceptors (Lipinski definition) is 3. The molecular formula is C18H30N2O. The first-order valence-corrected chi connectivity index (χ1v) is 8.17. The van der Waals surface area contributed by atoms with Gasteiger partial charge in [-0.2, -0.15) is 0 Å². The summed E-state index contributed by atoms with van der Waals surface area (Å²) in [4.78, 5) is 2.28. The van der Waals surface area contributed by atoms with Crippen LogP contribution in [0.2, 0.25) is 0 Å². The van der Waals surface area contributed by atoms with Gasteiger partial charge in [0.15, 0.2) is 0 Å². The van der Waals surface area contributed by atoms with Gasteiger partial charge in [-0.05, 0) is 52.4 Å². The van der Waals surface area contributed by atoms with E-state index in [-0.39, 0.29) is 0 Å². The molecule has 2 N–H and O–H groups in total. The van der Waals surface area contributed by atoms with Crippen LogP contribution in [0.5, 0.6) is 0 Å². The van der Waals surface area contributed by atoms with E-state index in [9.17, 15) is 5.11 Å².